The molecule has 0 rings (SSSR count). The van der Waals surface area contributed by atoms with E-state index in [0.717, 1.165) is 12.8 Å². The van der Waals surface area contributed by atoms with Crippen molar-refractivity contribution >= 4 is 17.5 Å². The number of ether oxygens (including phenoxy) is 1. The van der Waals surface area contributed by atoms with E-state index in [1.165, 1.54) is 7.11 Å². The van der Waals surface area contributed by atoms with Crippen molar-refractivity contribution in [2.24, 2.45) is 5.16 Å². The van der Waals surface area contributed by atoms with Gasteiger partial charge in [-0.25, -0.2) is 4.79 Å². The van der Waals surface area contributed by atoms with Crippen LogP contribution in [0.15, 0.2) is 5.16 Å². The number of rotatable bonds is 8. The van der Waals surface area contributed by atoms with Crippen LogP contribution in [0.25, 0.3) is 0 Å². The Morgan fingerprint density at radius 1 is 1.25 bits per heavy atom. The molecule has 0 atom stereocenters. The molecular formula is C11H19NO4. The largest absolute Gasteiger partial charge is 0.461 e. The summed E-state index contributed by atoms with van der Waals surface area (Å²) in [5.74, 6) is -0.611. The molecule has 0 aromatic heterocycles. The minimum absolute atomic E-state index is 0.0212. The van der Waals surface area contributed by atoms with Gasteiger partial charge in [0.05, 0.1) is 13.0 Å². The molecule has 0 aliphatic carbocycles. The van der Waals surface area contributed by atoms with Gasteiger partial charge in [0.15, 0.2) is 5.71 Å². The lowest BCUT2D eigenvalue weighted by Gasteiger charge is -2.04. The third kappa shape index (κ3) is 6.16. The van der Waals surface area contributed by atoms with E-state index in [1.807, 2.05) is 6.92 Å². The Hall–Kier alpha value is -1.39. The SMILES string of the molecule is CCCCC(=O)C/C(=N/OC)C(=O)OCC. The number of oxime groups is 1. The van der Waals surface area contributed by atoms with E-state index in [9.17, 15) is 9.59 Å². The molecular weight excluding hydrogens is 210 g/mol. The highest BCUT2D eigenvalue weighted by molar-refractivity contribution is 6.39. The Kier molecular flexibility index (Phi) is 8.11. The van der Waals surface area contributed by atoms with E-state index >= 15 is 0 Å². The first-order valence-corrected chi connectivity index (χ1v) is 5.44. The average Bonchev–Trinajstić information content (AvgIpc) is 2.26. The van der Waals surface area contributed by atoms with Crippen LogP contribution in [0.1, 0.15) is 39.5 Å². The predicted octanol–water partition coefficient (Wildman–Crippen LogP) is 1.70. The van der Waals surface area contributed by atoms with Crippen molar-refractivity contribution in [3.63, 3.8) is 0 Å². The van der Waals surface area contributed by atoms with Crippen LogP contribution in [0.3, 0.4) is 0 Å². The molecule has 16 heavy (non-hydrogen) atoms. The number of esters is 1. The lowest BCUT2D eigenvalue weighted by Crippen LogP contribution is -2.21. The van der Waals surface area contributed by atoms with Crippen molar-refractivity contribution < 1.29 is 19.2 Å². The number of ketones is 1. The number of nitrogens with zero attached hydrogens (tertiary/aromatic N) is 1. The third-order valence-electron chi connectivity index (χ3n) is 1.89. The lowest BCUT2D eigenvalue weighted by atomic mass is 10.1. The predicted molar refractivity (Wildman–Crippen MR) is 60.2 cm³/mol. The van der Waals surface area contributed by atoms with Gasteiger partial charge in [0, 0.05) is 6.42 Å². The Balaban J connectivity index is 4.28. The monoisotopic (exact) mass is 229 g/mol. The molecule has 0 fully saturated rings. The molecule has 0 unspecified atom stereocenters. The zero-order valence-corrected chi connectivity index (χ0v) is 10.1. The molecule has 0 radical (unpaired) electrons. The van der Waals surface area contributed by atoms with Crippen molar-refractivity contribution in [2.75, 3.05) is 13.7 Å². The maximum atomic E-state index is 11.5. The van der Waals surface area contributed by atoms with Crippen LogP contribution < -0.4 is 0 Å². The van der Waals surface area contributed by atoms with Crippen molar-refractivity contribution in [1.82, 2.24) is 0 Å². The average molecular weight is 229 g/mol. The minimum atomic E-state index is -0.589. The van der Waals surface area contributed by atoms with Gasteiger partial charge < -0.3 is 9.57 Å². The van der Waals surface area contributed by atoms with Crippen LogP contribution >= 0.6 is 0 Å². The van der Waals surface area contributed by atoms with Gasteiger partial charge in [-0.3, -0.25) is 4.79 Å². The number of carbonyl (C=O) groups excluding carboxylic acids is 2. The van der Waals surface area contributed by atoms with Gasteiger partial charge in [0.2, 0.25) is 0 Å². The summed E-state index contributed by atoms with van der Waals surface area (Å²) < 4.78 is 4.76. The summed E-state index contributed by atoms with van der Waals surface area (Å²) in [6.45, 7) is 3.95. The number of Topliss-reactive ketones (excluding diaryl/α,β-unsaturated/α-hetero) is 1. The number of hydrogen-bond acceptors (Lipinski definition) is 5. The van der Waals surface area contributed by atoms with Crippen molar-refractivity contribution in [3.8, 4) is 0 Å². The van der Waals surface area contributed by atoms with E-state index in [-0.39, 0.29) is 24.5 Å². The van der Waals surface area contributed by atoms with Gasteiger partial charge in [0.1, 0.15) is 12.9 Å². The van der Waals surface area contributed by atoms with Crippen LogP contribution in [-0.2, 0) is 19.2 Å². The molecule has 0 aliphatic heterocycles. The summed E-state index contributed by atoms with van der Waals surface area (Å²) in [7, 11) is 1.33. The molecule has 0 aromatic rings. The molecule has 0 aromatic carbocycles. The number of carbonyl (C=O) groups is 2. The first-order chi connectivity index (χ1) is 7.65. The highest BCUT2D eigenvalue weighted by Gasteiger charge is 2.17. The van der Waals surface area contributed by atoms with Crippen LogP contribution in [0.2, 0.25) is 0 Å². The zero-order valence-electron chi connectivity index (χ0n) is 10.1. The zero-order chi connectivity index (χ0) is 12.4. The smallest absolute Gasteiger partial charge is 0.356 e. The Bertz CT molecular complexity index is 261. The van der Waals surface area contributed by atoms with Crippen LogP contribution in [0, 0.1) is 0 Å². The van der Waals surface area contributed by atoms with E-state index < -0.39 is 5.97 Å². The van der Waals surface area contributed by atoms with Crippen LogP contribution in [-0.4, -0.2) is 31.2 Å². The molecule has 0 spiro atoms. The molecule has 0 bridgehead atoms. The minimum Gasteiger partial charge on any atom is -0.461 e. The summed E-state index contributed by atoms with van der Waals surface area (Å²) in [6.07, 6.45) is 2.20. The summed E-state index contributed by atoms with van der Waals surface area (Å²) >= 11 is 0. The lowest BCUT2D eigenvalue weighted by molar-refractivity contribution is -0.135. The Labute approximate surface area is 95.8 Å². The summed E-state index contributed by atoms with van der Waals surface area (Å²) in [4.78, 5) is 27.3. The Morgan fingerprint density at radius 3 is 2.44 bits per heavy atom. The number of unbranched alkanes of at least 4 members (excludes halogenated alkanes) is 1. The first kappa shape index (κ1) is 14.6. The second-order valence-corrected chi connectivity index (χ2v) is 3.26. The topological polar surface area (TPSA) is 65.0 Å². The van der Waals surface area contributed by atoms with E-state index in [1.54, 1.807) is 6.92 Å². The molecule has 0 saturated carbocycles. The van der Waals surface area contributed by atoms with Gasteiger partial charge in [-0.15, -0.1) is 0 Å². The molecule has 0 aliphatic rings. The van der Waals surface area contributed by atoms with Gasteiger partial charge in [-0.1, -0.05) is 18.5 Å². The molecule has 0 heterocycles. The molecule has 5 nitrogen and oxygen atoms in total. The third-order valence-corrected chi connectivity index (χ3v) is 1.89. The fourth-order valence-electron chi connectivity index (χ4n) is 1.12. The highest BCUT2D eigenvalue weighted by Crippen LogP contribution is 2.02. The summed E-state index contributed by atoms with van der Waals surface area (Å²) in [6, 6.07) is 0. The van der Waals surface area contributed by atoms with Crippen molar-refractivity contribution in [1.29, 1.82) is 0 Å². The quantitative estimate of drug-likeness (QED) is 0.361. The molecule has 5 heteroatoms. The van der Waals surface area contributed by atoms with Crippen LogP contribution in [0.5, 0.6) is 0 Å². The van der Waals surface area contributed by atoms with Gasteiger partial charge in [0.25, 0.3) is 0 Å². The van der Waals surface area contributed by atoms with E-state index in [4.69, 9.17) is 4.74 Å². The Morgan fingerprint density at radius 2 is 1.94 bits per heavy atom. The normalized spacial score (nSPS) is 11.1. The van der Waals surface area contributed by atoms with Crippen molar-refractivity contribution in [3.05, 3.63) is 0 Å². The van der Waals surface area contributed by atoms with Gasteiger partial charge >= 0.3 is 5.97 Å². The standard InChI is InChI=1S/C11H19NO4/c1-4-6-7-9(13)8-10(12-15-3)11(14)16-5-2/h4-8H2,1-3H3/b12-10-. The summed E-state index contributed by atoms with van der Waals surface area (Å²) in [5, 5.41) is 3.51. The second-order valence-electron chi connectivity index (χ2n) is 3.26. The number of hydrogen-bond donors (Lipinski definition) is 0. The first-order valence-electron chi connectivity index (χ1n) is 5.44. The van der Waals surface area contributed by atoms with Crippen LogP contribution in [0.4, 0.5) is 0 Å². The molecule has 92 valence electrons. The molecule has 0 saturated heterocycles. The second kappa shape index (κ2) is 8.88. The van der Waals surface area contributed by atoms with Crippen molar-refractivity contribution in [2.45, 2.75) is 39.5 Å². The maximum absolute atomic E-state index is 11.5. The van der Waals surface area contributed by atoms with Gasteiger partial charge in [-0.05, 0) is 13.3 Å². The van der Waals surface area contributed by atoms with Gasteiger partial charge in [-0.2, -0.15) is 0 Å². The highest BCUT2D eigenvalue weighted by atomic mass is 16.6. The van der Waals surface area contributed by atoms with E-state index in [0.29, 0.717) is 6.42 Å². The fourth-order valence-corrected chi connectivity index (χ4v) is 1.12. The van der Waals surface area contributed by atoms with E-state index in [2.05, 4.69) is 9.99 Å². The fraction of sp³-hybridized carbons (Fsp3) is 0.727. The molecule has 0 amide bonds. The summed E-state index contributed by atoms with van der Waals surface area (Å²) in [5.41, 5.74) is 0.0328. The maximum Gasteiger partial charge on any atom is 0.356 e. The molecule has 0 N–H and O–H groups in total.